The van der Waals surface area contributed by atoms with E-state index in [1.165, 1.54) is 32.1 Å². The summed E-state index contributed by atoms with van der Waals surface area (Å²) in [4.78, 5) is 10.7. The van der Waals surface area contributed by atoms with E-state index in [0.29, 0.717) is 17.2 Å². The van der Waals surface area contributed by atoms with Gasteiger partial charge >= 0.3 is 0 Å². The Morgan fingerprint density at radius 2 is 2.10 bits per heavy atom. The Balaban J connectivity index is 1.77. The van der Waals surface area contributed by atoms with Gasteiger partial charge in [-0.2, -0.15) is 0 Å². The van der Waals surface area contributed by atoms with E-state index in [2.05, 4.69) is 6.92 Å². The molecule has 2 rings (SSSR count). The molecule has 1 aliphatic rings. The second-order valence-electron chi connectivity index (χ2n) is 5.81. The van der Waals surface area contributed by atoms with Crippen LogP contribution in [0.2, 0.25) is 5.02 Å². The molecule has 0 saturated heterocycles. The zero-order valence-electron chi connectivity index (χ0n) is 12.1. The van der Waals surface area contributed by atoms with Crippen LogP contribution in [-0.4, -0.2) is 12.9 Å². The highest BCUT2D eigenvalue weighted by atomic mass is 35.5. The largest absolute Gasteiger partial charge is 0.494 e. The fourth-order valence-corrected chi connectivity index (χ4v) is 3.21. The fourth-order valence-electron chi connectivity index (χ4n) is 2.99. The molecule has 3 heteroatoms. The number of rotatable bonds is 6. The summed E-state index contributed by atoms with van der Waals surface area (Å²) in [6, 6.07) is 5.23. The summed E-state index contributed by atoms with van der Waals surface area (Å²) < 4.78 is 5.75. The second kappa shape index (κ2) is 7.68. The van der Waals surface area contributed by atoms with Crippen molar-refractivity contribution in [2.75, 3.05) is 6.61 Å². The molecular weight excluding hydrogens is 272 g/mol. The maximum Gasteiger partial charge on any atom is 0.151 e. The second-order valence-corrected chi connectivity index (χ2v) is 6.22. The molecule has 0 aliphatic heterocycles. The van der Waals surface area contributed by atoms with Crippen LogP contribution < -0.4 is 4.74 Å². The van der Waals surface area contributed by atoms with Gasteiger partial charge in [0, 0.05) is 5.56 Å². The van der Waals surface area contributed by atoms with Crippen LogP contribution in [0.1, 0.15) is 55.8 Å². The summed E-state index contributed by atoms with van der Waals surface area (Å²) in [7, 11) is 0. The monoisotopic (exact) mass is 294 g/mol. The highest BCUT2D eigenvalue weighted by Crippen LogP contribution is 2.31. The predicted molar refractivity (Wildman–Crippen MR) is 82.7 cm³/mol. The fraction of sp³-hybridized carbons (Fsp3) is 0.588. The Bertz CT molecular complexity index is 439. The number of halogens is 1. The molecule has 1 aromatic carbocycles. The van der Waals surface area contributed by atoms with Crippen LogP contribution >= 0.6 is 11.6 Å². The lowest BCUT2D eigenvalue weighted by atomic mass is 9.80. The summed E-state index contributed by atoms with van der Waals surface area (Å²) in [5.74, 6) is 2.34. The Labute approximate surface area is 126 Å². The van der Waals surface area contributed by atoms with E-state index in [1.807, 2.05) is 0 Å². The van der Waals surface area contributed by atoms with Crippen molar-refractivity contribution in [1.82, 2.24) is 0 Å². The number of hydrogen-bond acceptors (Lipinski definition) is 2. The lowest BCUT2D eigenvalue weighted by Gasteiger charge is -2.27. The van der Waals surface area contributed by atoms with Crippen LogP contribution in [0, 0.1) is 11.8 Å². The van der Waals surface area contributed by atoms with Crippen LogP contribution in [0.5, 0.6) is 5.75 Å². The highest BCUT2D eigenvalue weighted by molar-refractivity contribution is 6.33. The first-order valence-corrected chi connectivity index (χ1v) is 7.96. The quantitative estimate of drug-likeness (QED) is 0.679. The van der Waals surface area contributed by atoms with E-state index in [-0.39, 0.29) is 0 Å². The van der Waals surface area contributed by atoms with Gasteiger partial charge in [-0.05, 0) is 36.5 Å². The minimum absolute atomic E-state index is 0.456. The van der Waals surface area contributed by atoms with Crippen molar-refractivity contribution in [3.05, 3.63) is 28.8 Å². The van der Waals surface area contributed by atoms with Crippen molar-refractivity contribution in [3.63, 3.8) is 0 Å². The molecule has 1 atom stereocenters. The number of carbonyl (C=O) groups is 1. The summed E-state index contributed by atoms with van der Waals surface area (Å²) in [5, 5.41) is 0.456. The number of hydrogen-bond donors (Lipinski definition) is 0. The molecule has 1 unspecified atom stereocenters. The van der Waals surface area contributed by atoms with Crippen LogP contribution in [-0.2, 0) is 0 Å². The molecule has 2 nitrogen and oxygen atoms in total. The van der Waals surface area contributed by atoms with Crippen molar-refractivity contribution < 1.29 is 9.53 Å². The van der Waals surface area contributed by atoms with Gasteiger partial charge < -0.3 is 4.74 Å². The van der Waals surface area contributed by atoms with Crippen LogP contribution in [0.15, 0.2) is 18.2 Å². The standard InChI is InChI=1S/C17H23ClO2/c1-13(14-5-3-2-4-6-14)9-10-20-16-8-7-15(12-19)17(18)11-16/h7-8,11-14H,2-6,9-10H2,1H3. The molecule has 1 aliphatic carbocycles. The Morgan fingerprint density at radius 3 is 2.75 bits per heavy atom. The summed E-state index contributed by atoms with van der Waals surface area (Å²) in [5.41, 5.74) is 0.509. The van der Waals surface area contributed by atoms with Gasteiger partial charge in [-0.15, -0.1) is 0 Å². The van der Waals surface area contributed by atoms with E-state index >= 15 is 0 Å². The van der Waals surface area contributed by atoms with E-state index in [0.717, 1.165) is 30.3 Å². The molecule has 1 fully saturated rings. The van der Waals surface area contributed by atoms with Crippen LogP contribution in [0.3, 0.4) is 0 Å². The minimum Gasteiger partial charge on any atom is -0.494 e. The van der Waals surface area contributed by atoms with Gasteiger partial charge in [-0.25, -0.2) is 0 Å². The summed E-state index contributed by atoms with van der Waals surface area (Å²) in [6.07, 6.45) is 8.77. The van der Waals surface area contributed by atoms with Crippen LogP contribution in [0.4, 0.5) is 0 Å². The van der Waals surface area contributed by atoms with E-state index in [4.69, 9.17) is 16.3 Å². The number of ether oxygens (including phenoxy) is 1. The average molecular weight is 295 g/mol. The van der Waals surface area contributed by atoms with Gasteiger partial charge in [0.05, 0.1) is 11.6 Å². The summed E-state index contributed by atoms with van der Waals surface area (Å²) >= 11 is 5.98. The molecule has 0 N–H and O–H groups in total. The van der Waals surface area contributed by atoms with Gasteiger partial charge in [0.1, 0.15) is 5.75 Å². The SMILES string of the molecule is CC(CCOc1ccc(C=O)c(Cl)c1)C1CCCCC1. The van der Waals surface area contributed by atoms with E-state index in [1.54, 1.807) is 18.2 Å². The molecule has 0 amide bonds. The maximum atomic E-state index is 10.7. The van der Waals surface area contributed by atoms with Crippen molar-refractivity contribution in [1.29, 1.82) is 0 Å². The first kappa shape index (κ1) is 15.4. The maximum absolute atomic E-state index is 10.7. The lowest BCUT2D eigenvalue weighted by molar-refractivity contribution is 0.112. The van der Waals surface area contributed by atoms with Crippen molar-refractivity contribution in [2.24, 2.45) is 11.8 Å². The Hall–Kier alpha value is -1.02. The summed E-state index contributed by atoms with van der Waals surface area (Å²) in [6.45, 7) is 3.05. The zero-order valence-corrected chi connectivity index (χ0v) is 12.9. The van der Waals surface area contributed by atoms with Crippen molar-refractivity contribution >= 4 is 17.9 Å². The first-order valence-electron chi connectivity index (χ1n) is 7.58. The molecule has 0 aromatic heterocycles. The molecule has 0 bridgehead atoms. The first-order chi connectivity index (χ1) is 9.70. The Morgan fingerprint density at radius 1 is 1.35 bits per heavy atom. The van der Waals surface area contributed by atoms with Gasteiger partial charge in [0.2, 0.25) is 0 Å². The minimum atomic E-state index is 0.456. The third-order valence-electron chi connectivity index (χ3n) is 4.40. The Kier molecular flexibility index (Phi) is 5.90. The normalized spacial score (nSPS) is 17.7. The molecule has 20 heavy (non-hydrogen) atoms. The lowest BCUT2D eigenvalue weighted by Crippen LogP contribution is -2.17. The smallest absolute Gasteiger partial charge is 0.151 e. The third kappa shape index (κ3) is 4.24. The molecule has 0 radical (unpaired) electrons. The topological polar surface area (TPSA) is 26.3 Å². The van der Waals surface area contributed by atoms with E-state index in [9.17, 15) is 4.79 Å². The van der Waals surface area contributed by atoms with Gasteiger partial charge in [-0.3, -0.25) is 4.79 Å². The van der Waals surface area contributed by atoms with Gasteiger partial charge in [0.15, 0.2) is 6.29 Å². The molecule has 1 saturated carbocycles. The molecule has 0 heterocycles. The highest BCUT2D eigenvalue weighted by Gasteiger charge is 2.19. The molecule has 0 spiro atoms. The van der Waals surface area contributed by atoms with Crippen molar-refractivity contribution in [3.8, 4) is 5.75 Å². The molecule has 1 aromatic rings. The van der Waals surface area contributed by atoms with Gasteiger partial charge in [0.25, 0.3) is 0 Å². The average Bonchev–Trinajstić information content (AvgIpc) is 2.48. The van der Waals surface area contributed by atoms with Crippen molar-refractivity contribution in [2.45, 2.75) is 45.4 Å². The van der Waals surface area contributed by atoms with E-state index < -0.39 is 0 Å². The predicted octanol–water partition coefficient (Wildman–Crippen LogP) is 5.14. The molecule has 110 valence electrons. The zero-order chi connectivity index (χ0) is 14.4. The van der Waals surface area contributed by atoms with Crippen LogP contribution in [0.25, 0.3) is 0 Å². The number of carbonyl (C=O) groups excluding carboxylic acids is 1. The molecular formula is C17H23ClO2. The van der Waals surface area contributed by atoms with Gasteiger partial charge in [-0.1, -0.05) is 50.6 Å². The number of benzene rings is 1. The third-order valence-corrected chi connectivity index (χ3v) is 4.72. The number of aldehydes is 1.